The lowest BCUT2D eigenvalue weighted by atomic mass is 9.97. The molecule has 0 saturated carbocycles. The van der Waals surface area contributed by atoms with Crippen molar-refractivity contribution in [2.45, 2.75) is 53.1 Å². The number of aromatic nitrogens is 3. The highest BCUT2D eigenvalue weighted by atomic mass is 15.3. The Kier molecular flexibility index (Phi) is 4.93. The van der Waals surface area contributed by atoms with Crippen LogP contribution in [0, 0.1) is 11.8 Å². The Morgan fingerprint density at radius 2 is 2.06 bits per heavy atom. The van der Waals surface area contributed by atoms with E-state index in [1.165, 1.54) is 0 Å². The minimum absolute atomic E-state index is 0.254. The fourth-order valence-corrected chi connectivity index (χ4v) is 1.79. The molecule has 1 aromatic rings. The third kappa shape index (κ3) is 3.59. The number of hydrogen-bond acceptors (Lipinski definition) is 3. The van der Waals surface area contributed by atoms with Crippen molar-refractivity contribution in [2.24, 2.45) is 17.6 Å². The molecule has 1 aromatic heterocycles. The molecule has 0 aliphatic rings. The highest BCUT2D eigenvalue weighted by Gasteiger charge is 2.15. The smallest absolute Gasteiger partial charge is 0.138 e. The fraction of sp³-hybridized carbons (Fsp3) is 0.833. The molecule has 4 nitrogen and oxygen atoms in total. The van der Waals surface area contributed by atoms with E-state index >= 15 is 0 Å². The zero-order valence-corrected chi connectivity index (χ0v) is 10.8. The van der Waals surface area contributed by atoms with E-state index in [0.29, 0.717) is 11.8 Å². The maximum atomic E-state index is 6.03. The number of nitrogens with zero attached hydrogens (tertiary/aromatic N) is 3. The third-order valence-electron chi connectivity index (χ3n) is 2.94. The summed E-state index contributed by atoms with van der Waals surface area (Å²) in [5, 5.41) is 4.26. The lowest BCUT2D eigenvalue weighted by Gasteiger charge is -2.18. The van der Waals surface area contributed by atoms with Gasteiger partial charge in [-0.05, 0) is 18.3 Å². The van der Waals surface area contributed by atoms with Gasteiger partial charge in [-0.15, -0.1) is 0 Å². The van der Waals surface area contributed by atoms with E-state index in [4.69, 9.17) is 5.73 Å². The largest absolute Gasteiger partial charge is 0.327 e. The van der Waals surface area contributed by atoms with Crippen LogP contribution in [0.2, 0.25) is 0 Å². The van der Waals surface area contributed by atoms with Gasteiger partial charge in [-0.2, -0.15) is 5.10 Å². The van der Waals surface area contributed by atoms with Crippen LogP contribution in [0.3, 0.4) is 0 Å². The monoisotopic (exact) mass is 224 g/mol. The average molecular weight is 224 g/mol. The zero-order valence-electron chi connectivity index (χ0n) is 10.8. The van der Waals surface area contributed by atoms with Crippen molar-refractivity contribution < 1.29 is 0 Å². The van der Waals surface area contributed by atoms with Crippen LogP contribution in [0.4, 0.5) is 0 Å². The van der Waals surface area contributed by atoms with Crippen LogP contribution in [0.5, 0.6) is 0 Å². The molecule has 0 aromatic carbocycles. The van der Waals surface area contributed by atoms with Crippen LogP contribution in [-0.2, 0) is 13.0 Å². The van der Waals surface area contributed by atoms with E-state index in [9.17, 15) is 0 Å². The van der Waals surface area contributed by atoms with Gasteiger partial charge in [0, 0.05) is 19.0 Å². The zero-order chi connectivity index (χ0) is 12.1. The first-order valence-electron chi connectivity index (χ1n) is 6.16. The van der Waals surface area contributed by atoms with Crippen LogP contribution in [0.1, 0.15) is 39.9 Å². The first-order valence-corrected chi connectivity index (χ1v) is 6.16. The highest BCUT2D eigenvalue weighted by molar-refractivity contribution is 4.89. The first-order chi connectivity index (χ1) is 7.54. The van der Waals surface area contributed by atoms with Gasteiger partial charge in [-0.1, -0.05) is 27.7 Å². The van der Waals surface area contributed by atoms with Gasteiger partial charge in [-0.3, -0.25) is 0 Å². The fourth-order valence-electron chi connectivity index (χ4n) is 1.79. The summed E-state index contributed by atoms with van der Waals surface area (Å²) in [5.74, 6) is 2.11. The second-order valence-corrected chi connectivity index (χ2v) is 5.01. The predicted octanol–water partition coefficient (Wildman–Crippen LogP) is 1.85. The van der Waals surface area contributed by atoms with E-state index in [1.54, 1.807) is 6.33 Å². The minimum atomic E-state index is 0.254. The molecular weight excluding hydrogens is 200 g/mol. The summed E-state index contributed by atoms with van der Waals surface area (Å²) >= 11 is 0. The Hall–Kier alpha value is -0.900. The van der Waals surface area contributed by atoms with Crippen molar-refractivity contribution in [2.75, 3.05) is 0 Å². The van der Waals surface area contributed by atoms with Gasteiger partial charge in [0.15, 0.2) is 0 Å². The quantitative estimate of drug-likeness (QED) is 0.802. The van der Waals surface area contributed by atoms with Gasteiger partial charge < -0.3 is 5.73 Å². The second-order valence-electron chi connectivity index (χ2n) is 5.01. The molecular formula is C12H24N4. The molecule has 2 atom stereocenters. The molecule has 0 amide bonds. The summed E-state index contributed by atoms with van der Waals surface area (Å²) in [5.41, 5.74) is 6.03. The van der Waals surface area contributed by atoms with Gasteiger partial charge in [0.25, 0.3) is 0 Å². The van der Waals surface area contributed by atoms with E-state index < -0.39 is 0 Å². The number of hydrogen-bond donors (Lipinski definition) is 1. The standard InChI is InChI=1S/C12H24N4/c1-5-11(13)10(4)6-12-14-8-15-16(12)7-9(2)3/h8-11H,5-7,13H2,1-4H3. The second kappa shape index (κ2) is 5.99. The Morgan fingerprint density at radius 3 is 2.62 bits per heavy atom. The first kappa shape index (κ1) is 13.2. The molecule has 16 heavy (non-hydrogen) atoms. The summed E-state index contributed by atoms with van der Waals surface area (Å²) in [7, 11) is 0. The van der Waals surface area contributed by atoms with Crippen LogP contribution >= 0.6 is 0 Å². The van der Waals surface area contributed by atoms with Crippen LogP contribution in [-0.4, -0.2) is 20.8 Å². The SMILES string of the molecule is CCC(N)C(C)Cc1ncnn1CC(C)C. The lowest BCUT2D eigenvalue weighted by Crippen LogP contribution is -2.29. The summed E-state index contributed by atoms with van der Waals surface area (Å²) in [4.78, 5) is 4.32. The van der Waals surface area contributed by atoms with Gasteiger partial charge in [0.1, 0.15) is 12.2 Å². The normalized spacial score (nSPS) is 15.4. The molecule has 0 radical (unpaired) electrons. The number of rotatable bonds is 6. The Bertz CT molecular complexity index is 306. The summed E-state index contributed by atoms with van der Waals surface area (Å²) in [6, 6.07) is 0.254. The molecule has 4 heteroatoms. The van der Waals surface area contributed by atoms with Crippen LogP contribution in [0.15, 0.2) is 6.33 Å². The summed E-state index contributed by atoms with van der Waals surface area (Å²) < 4.78 is 2.00. The molecule has 0 fully saturated rings. The Balaban J connectivity index is 2.62. The molecule has 2 N–H and O–H groups in total. The topological polar surface area (TPSA) is 56.7 Å². The van der Waals surface area contributed by atoms with E-state index in [-0.39, 0.29) is 6.04 Å². The van der Waals surface area contributed by atoms with E-state index in [0.717, 1.165) is 25.2 Å². The highest BCUT2D eigenvalue weighted by Crippen LogP contribution is 2.11. The molecule has 0 saturated heterocycles. The number of nitrogens with two attached hydrogens (primary N) is 1. The van der Waals surface area contributed by atoms with Crippen molar-refractivity contribution >= 4 is 0 Å². The van der Waals surface area contributed by atoms with Crippen LogP contribution in [0.25, 0.3) is 0 Å². The molecule has 0 aliphatic heterocycles. The lowest BCUT2D eigenvalue weighted by molar-refractivity contribution is 0.405. The van der Waals surface area contributed by atoms with Crippen molar-refractivity contribution in [3.8, 4) is 0 Å². The molecule has 1 heterocycles. The van der Waals surface area contributed by atoms with Crippen molar-refractivity contribution in [3.05, 3.63) is 12.2 Å². The predicted molar refractivity (Wildman–Crippen MR) is 66.0 cm³/mol. The molecule has 1 rings (SSSR count). The average Bonchev–Trinajstić information content (AvgIpc) is 2.63. The maximum Gasteiger partial charge on any atom is 0.138 e. The summed E-state index contributed by atoms with van der Waals surface area (Å²) in [6.45, 7) is 9.62. The maximum absolute atomic E-state index is 6.03. The van der Waals surface area contributed by atoms with Gasteiger partial charge >= 0.3 is 0 Å². The van der Waals surface area contributed by atoms with Crippen molar-refractivity contribution in [3.63, 3.8) is 0 Å². The molecule has 0 bridgehead atoms. The van der Waals surface area contributed by atoms with Gasteiger partial charge in [0.2, 0.25) is 0 Å². The Labute approximate surface area is 98.2 Å². The minimum Gasteiger partial charge on any atom is -0.327 e. The van der Waals surface area contributed by atoms with Crippen LogP contribution < -0.4 is 5.73 Å². The van der Waals surface area contributed by atoms with E-state index in [1.807, 2.05) is 4.68 Å². The molecule has 92 valence electrons. The van der Waals surface area contributed by atoms with Gasteiger partial charge in [0.05, 0.1) is 0 Å². The molecule has 0 aliphatic carbocycles. The van der Waals surface area contributed by atoms with Gasteiger partial charge in [-0.25, -0.2) is 9.67 Å². The summed E-state index contributed by atoms with van der Waals surface area (Å²) in [6.07, 6.45) is 3.57. The third-order valence-corrected chi connectivity index (χ3v) is 2.94. The molecule has 2 unspecified atom stereocenters. The molecule has 0 spiro atoms. The Morgan fingerprint density at radius 1 is 1.38 bits per heavy atom. The van der Waals surface area contributed by atoms with E-state index in [2.05, 4.69) is 37.8 Å². The van der Waals surface area contributed by atoms with Crippen molar-refractivity contribution in [1.29, 1.82) is 0 Å². The van der Waals surface area contributed by atoms with Crippen molar-refractivity contribution in [1.82, 2.24) is 14.8 Å².